The van der Waals surface area contributed by atoms with Gasteiger partial charge in [0.25, 0.3) is 0 Å². The lowest BCUT2D eigenvalue weighted by Crippen LogP contribution is -2.52. The van der Waals surface area contributed by atoms with Gasteiger partial charge in [-0.2, -0.15) is 0 Å². The van der Waals surface area contributed by atoms with E-state index in [0.29, 0.717) is 12.3 Å². The fourth-order valence-corrected chi connectivity index (χ4v) is 5.42. The van der Waals surface area contributed by atoms with Crippen molar-refractivity contribution >= 4 is 17.7 Å². The Morgan fingerprint density at radius 2 is 1.93 bits per heavy atom. The second-order valence-electron chi connectivity index (χ2n) is 9.62. The second kappa shape index (κ2) is 7.92. The van der Waals surface area contributed by atoms with Crippen LogP contribution in [0.15, 0.2) is 18.2 Å². The molecule has 3 unspecified atom stereocenters. The molecular formula is C24H32O5. The number of carbonyl (C=O) groups is 3. The van der Waals surface area contributed by atoms with Crippen molar-refractivity contribution in [1.29, 1.82) is 0 Å². The van der Waals surface area contributed by atoms with Crippen LogP contribution in [0, 0.1) is 11.3 Å². The van der Waals surface area contributed by atoms with Gasteiger partial charge >= 0.3 is 11.9 Å². The molecule has 0 heterocycles. The lowest BCUT2D eigenvalue weighted by Gasteiger charge is -2.54. The first-order valence-electron chi connectivity index (χ1n) is 10.6. The SMILES string of the molecule is CC(C)c1ccc2c(c1)C(=O)CC1C(C)(COC(=O)CCC(=O)O)CCCC21C. The van der Waals surface area contributed by atoms with Crippen molar-refractivity contribution in [2.24, 2.45) is 11.3 Å². The molecule has 3 rings (SSSR count). The van der Waals surface area contributed by atoms with Crippen molar-refractivity contribution in [1.82, 2.24) is 0 Å². The summed E-state index contributed by atoms with van der Waals surface area (Å²) in [4.78, 5) is 35.7. The van der Waals surface area contributed by atoms with Crippen LogP contribution in [0.2, 0.25) is 0 Å². The number of carboxylic acid groups (broad SMARTS) is 1. The fraction of sp³-hybridized carbons (Fsp3) is 0.625. The van der Waals surface area contributed by atoms with Gasteiger partial charge in [-0.25, -0.2) is 0 Å². The first kappa shape index (κ1) is 21.5. The monoisotopic (exact) mass is 400 g/mol. The molecule has 2 aliphatic carbocycles. The van der Waals surface area contributed by atoms with Crippen molar-refractivity contribution < 1.29 is 24.2 Å². The predicted molar refractivity (Wildman–Crippen MR) is 110 cm³/mol. The molecule has 5 heteroatoms. The van der Waals surface area contributed by atoms with Crippen molar-refractivity contribution in [2.75, 3.05) is 6.61 Å². The zero-order chi connectivity index (χ0) is 21.4. The first-order chi connectivity index (χ1) is 13.6. The maximum Gasteiger partial charge on any atom is 0.306 e. The Morgan fingerprint density at radius 3 is 2.59 bits per heavy atom. The van der Waals surface area contributed by atoms with Crippen molar-refractivity contribution in [2.45, 2.75) is 77.6 Å². The Hall–Kier alpha value is -2.17. The molecule has 1 fully saturated rings. The smallest absolute Gasteiger partial charge is 0.306 e. The molecule has 3 atom stereocenters. The molecule has 1 aromatic rings. The Morgan fingerprint density at radius 1 is 1.21 bits per heavy atom. The highest BCUT2D eigenvalue weighted by molar-refractivity contribution is 5.99. The summed E-state index contributed by atoms with van der Waals surface area (Å²) in [6.07, 6.45) is 3.05. The number of rotatable bonds is 6. The molecule has 29 heavy (non-hydrogen) atoms. The number of fused-ring (bicyclic) bond motifs is 3. The van der Waals surface area contributed by atoms with Crippen LogP contribution in [0.3, 0.4) is 0 Å². The van der Waals surface area contributed by atoms with Gasteiger partial charge < -0.3 is 9.84 Å². The van der Waals surface area contributed by atoms with E-state index in [0.717, 1.165) is 30.4 Å². The van der Waals surface area contributed by atoms with Gasteiger partial charge in [-0.15, -0.1) is 0 Å². The molecule has 0 aromatic heterocycles. The van der Waals surface area contributed by atoms with Crippen LogP contribution >= 0.6 is 0 Å². The third kappa shape index (κ3) is 4.10. The van der Waals surface area contributed by atoms with Gasteiger partial charge in [-0.05, 0) is 47.3 Å². The van der Waals surface area contributed by atoms with E-state index >= 15 is 0 Å². The predicted octanol–water partition coefficient (Wildman–Crippen LogP) is 4.87. The van der Waals surface area contributed by atoms with E-state index in [1.54, 1.807) is 0 Å². The van der Waals surface area contributed by atoms with Crippen LogP contribution in [0.1, 0.15) is 93.6 Å². The van der Waals surface area contributed by atoms with E-state index in [2.05, 4.69) is 45.9 Å². The summed E-state index contributed by atoms with van der Waals surface area (Å²) in [6.45, 7) is 8.87. The van der Waals surface area contributed by atoms with Gasteiger partial charge in [0.2, 0.25) is 0 Å². The van der Waals surface area contributed by atoms with Gasteiger partial charge in [-0.1, -0.05) is 46.2 Å². The standard InChI is InChI=1S/C24H32O5/c1-15(2)16-6-7-18-17(12-16)19(25)13-20-23(3,10-5-11-24(18,20)4)14-29-22(28)9-8-21(26)27/h6-7,12,15,20H,5,8-11,13-14H2,1-4H3,(H,26,27). The van der Waals surface area contributed by atoms with E-state index < -0.39 is 11.9 Å². The van der Waals surface area contributed by atoms with E-state index in [1.165, 1.54) is 5.56 Å². The Labute approximate surface area is 172 Å². The average molecular weight is 401 g/mol. The number of esters is 1. The number of aliphatic carboxylic acids is 1. The van der Waals surface area contributed by atoms with Crippen LogP contribution < -0.4 is 0 Å². The zero-order valence-corrected chi connectivity index (χ0v) is 17.9. The molecule has 0 spiro atoms. The number of carboxylic acids is 1. The zero-order valence-electron chi connectivity index (χ0n) is 17.9. The summed E-state index contributed by atoms with van der Waals surface area (Å²) in [7, 11) is 0. The minimum Gasteiger partial charge on any atom is -0.481 e. The van der Waals surface area contributed by atoms with E-state index in [1.807, 2.05) is 0 Å². The van der Waals surface area contributed by atoms with Crippen molar-refractivity contribution in [3.05, 3.63) is 34.9 Å². The minimum atomic E-state index is -1.01. The Kier molecular flexibility index (Phi) is 5.88. The molecule has 0 amide bonds. The molecule has 5 nitrogen and oxygen atoms in total. The molecular weight excluding hydrogens is 368 g/mol. The van der Waals surface area contributed by atoms with Crippen LogP contribution in [0.4, 0.5) is 0 Å². The van der Waals surface area contributed by atoms with Gasteiger partial charge in [-0.3, -0.25) is 14.4 Å². The number of hydrogen-bond donors (Lipinski definition) is 1. The Balaban J connectivity index is 1.85. The van der Waals surface area contributed by atoms with Crippen LogP contribution in [0.25, 0.3) is 0 Å². The van der Waals surface area contributed by atoms with Gasteiger partial charge in [0.1, 0.15) is 0 Å². The summed E-state index contributed by atoms with van der Waals surface area (Å²) in [5, 5.41) is 8.75. The summed E-state index contributed by atoms with van der Waals surface area (Å²) in [5.41, 5.74) is 2.75. The van der Waals surface area contributed by atoms with Crippen LogP contribution in [-0.2, 0) is 19.7 Å². The molecule has 2 aliphatic rings. The number of carbonyl (C=O) groups excluding carboxylic acids is 2. The lowest BCUT2D eigenvalue weighted by atomic mass is 9.49. The Bertz CT molecular complexity index is 827. The van der Waals surface area contributed by atoms with Crippen LogP contribution in [0.5, 0.6) is 0 Å². The van der Waals surface area contributed by atoms with Crippen molar-refractivity contribution in [3.63, 3.8) is 0 Å². The second-order valence-corrected chi connectivity index (χ2v) is 9.62. The number of benzene rings is 1. The maximum absolute atomic E-state index is 13.1. The molecule has 158 valence electrons. The van der Waals surface area contributed by atoms with Crippen LogP contribution in [-0.4, -0.2) is 29.4 Å². The topological polar surface area (TPSA) is 80.7 Å². The third-order valence-electron chi connectivity index (χ3n) is 7.18. The normalized spacial score (nSPS) is 28.6. The summed E-state index contributed by atoms with van der Waals surface area (Å²) in [5.74, 6) is -0.838. The highest BCUT2D eigenvalue weighted by atomic mass is 16.5. The van der Waals surface area contributed by atoms with Gasteiger partial charge in [0.15, 0.2) is 5.78 Å². The summed E-state index contributed by atoms with van der Waals surface area (Å²) in [6, 6.07) is 6.35. The number of ether oxygens (including phenoxy) is 1. The van der Waals surface area contributed by atoms with E-state index in [9.17, 15) is 14.4 Å². The molecule has 0 saturated heterocycles. The molecule has 0 bridgehead atoms. The number of Topliss-reactive ketones (excluding diaryl/α,β-unsaturated/α-hetero) is 1. The van der Waals surface area contributed by atoms with Crippen molar-refractivity contribution in [3.8, 4) is 0 Å². The molecule has 0 aliphatic heterocycles. The molecule has 1 saturated carbocycles. The highest BCUT2D eigenvalue weighted by Crippen LogP contribution is 2.57. The fourth-order valence-electron chi connectivity index (χ4n) is 5.42. The lowest BCUT2D eigenvalue weighted by molar-refractivity contribution is -0.153. The van der Waals surface area contributed by atoms with Gasteiger partial charge in [0, 0.05) is 17.4 Å². The molecule has 1 N–H and O–H groups in total. The quantitative estimate of drug-likeness (QED) is 0.689. The average Bonchev–Trinajstić information content (AvgIpc) is 2.66. The van der Waals surface area contributed by atoms with E-state index in [-0.39, 0.29) is 42.0 Å². The highest BCUT2D eigenvalue weighted by Gasteiger charge is 2.54. The van der Waals surface area contributed by atoms with Gasteiger partial charge in [0.05, 0.1) is 19.4 Å². The minimum absolute atomic E-state index is 0.0981. The molecule has 1 aromatic carbocycles. The summed E-state index contributed by atoms with van der Waals surface area (Å²) < 4.78 is 5.49. The first-order valence-corrected chi connectivity index (χ1v) is 10.6. The third-order valence-corrected chi connectivity index (χ3v) is 7.18. The number of ketones is 1. The maximum atomic E-state index is 13.1. The summed E-state index contributed by atoms with van der Waals surface area (Å²) >= 11 is 0. The largest absolute Gasteiger partial charge is 0.481 e. The number of hydrogen-bond acceptors (Lipinski definition) is 4. The molecule has 0 radical (unpaired) electrons. The van der Waals surface area contributed by atoms with E-state index in [4.69, 9.17) is 9.84 Å².